The van der Waals surface area contributed by atoms with Crippen LogP contribution < -0.4 is 0 Å². The lowest BCUT2D eigenvalue weighted by Gasteiger charge is -2.42. The summed E-state index contributed by atoms with van der Waals surface area (Å²) in [5.74, 6) is 2.76. The predicted octanol–water partition coefficient (Wildman–Crippen LogP) is 2.66. The van der Waals surface area contributed by atoms with Crippen molar-refractivity contribution in [3.05, 3.63) is 23.8 Å². The maximum atomic E-state index is 12.6. The van der Waals surface area contributed by atoms with Crippen molar-refractivity contribution in [3.8, 4) is 0 Å². The molecule has 108 valence electrons. The van der Waals surface area contributed by atoms with Crippen LogP contribution in [0.5, 0.6) is 0 Å². The summed E-state index contributed by atoms with van der Waals surface area (Å²) in [7, 11) is 0. The molecule has 0 aromatic carbocycles. The summed E-state index contributed by atoms with van der Waals surface area (Å²) in [6.07, 6.45) is 7.19. The number of rotatable bonds is 2. The molecule has 1 atom stereocenters. The molecule has 0 amide bonds. The van der Waals surface area contributed by atoms with Gasteiger partial charge in [0.25, 0.3) is 0 Å². The highest BCUT2D eigenvalue weighted by atomic mass is 32.2. The van der Waals surface area contributed by atoms with Crippen molar-refractivity contribution in [1.82, 2.24) is 9.97 Å². The summed E-state index contributed by atoms with van der Waals surface area (Å²) >= 11 is 1.98. The Bertz CT molecular complexity index is 478. The topological polar surface area (TPSA) is 52.1 Å². The lowest BCUT2D eigenvalue weighted by atomic mass is 9.80. The van der Waals surface area contributed by atoms with E-state index >= 15 is 0 Å². The third-order valence-corrected chi connectivity index (χ3v) is 5.25. The summed E-state index contributed by atoms with van der Waals surface area (Å²) in [5, 5.41) is 0. The van der Waals surface area contributed by atoms with Crippen LogP contribution in [0.15, 0.2) is 12.4 Å². The molecule has 1 aromatic heterocycles. The first-order chi connectivity index (χ1) is 9.69. The average Bonchev–Trinajstić information content (AvgIpc) is 2.48. The molecule has 1 aromatic rings. The van der Waals surface area contributed by atoms with E-state index in [2.05, 4.69) is 9.97 Å². The van der Waals surface area contributed by atoms with Gasteiger partial charge in [0.15, 0.2) is 5.82 Å². The smallest absolute Gasteiger partial charge is 0.203 e. The maximum absolute atomic E-state index is 12.6. The number of ether oxygens (including phenoxy) is 1. The summed E-state index contributed by atoms with van der Waals surface area (Å²) in [4.78, 5) is 20.9. The number of nitrogens with zero attached hydrogens (tertiary/aromatic N) is 2. The van der Waals surface area contributed by atoms with Crippen LogP contribution in [0.4, 0.5) is 0 Å². The van der Waals surface area contributed by atoms with E-state index < -0.39 is 0 Å². The van der Waals surface area contributed by atoms with Crippen LogP contribution in [0.1, 0.15) is 41.9 Å². The SMILES string of the molecule is Cc1cnc(C(=O)C2CCOC3(CCSCC3)C2)nc1. The summed E-state index contributed by atoms with van der Waals surface area (Å²) in [5.41, 5.74) is 0.920. The summed E-state index contributed by atoms with van der Waals surface area (Å²) in [6.45, 7) is 2.62. The van der Waals surface area contributed by atoms with Crippen molar-refractivity contribution in [2.24, 2.45) is 5.92 Å². The van der Waals surface area contributed by atoms with E-state index in [9.17, 15) is 4.79 Å². The normalized spacial score (nSPS) is 25.6. The predicted molar refractivity (Wildman–Crippen MR) is 79.1 cm³/mol. The van der Waals surface area contributed by atoms with Crippen molar-refractivity contribution >= 4 is 17.5 Å². The third kappa shape index (κ3) is 2.88. The van der Waals surface area contributed by atoms with Gasteiger partial charge in [0.1, 0.15) is 0 Å². The number of hydrogen-bond acceptors (Lipinski definition) is 5. The number of Topliss-reactive ketones (excluding diaryl/α,β-unsaturated/α-hetero) is 1. The third-order valence-electron chi connectivity index (χ3n) is 4.27. The van der Waals surface area contributed by atoms with Gasteiger partial charge in [-0.3, -0.25) is 4.79 Å². The molecule has 0 aliphatic carbocycles. The van der Waals surface area contributed by atoms with Gasteiger partial charge in [-0.15, -0.1) is 0 Å². The summed E-state index contributed by atoms with van der Waals surface area (Å²) in [6, 6.07) is 0. The maximum Gasteiger partial charge on any atom is 0.203 e. The molecule has 1 spiro atoms. The fourth-order valence-electron chi connectivity index (χ4n) is 3.05. The number of aryl methyl sites for hydroxylation is 1. The fraction of sp³-hybridized carbons (Fsp3) is 0.667. The second-order valence-corrected chi connectivity index (χ2v) is 7.01. The second-order valence-electron chi connectivity index (χ2n) is 5.78. The number of carbonyl (C=O) groups is 1. The van der Waals surface area contributed by atoms with Crippen LogP contribution in [-0.2, 0) is 4.74 Å². The molecular formula is C15H20N2O2S. The van der Waals surface area contributed by atoms with Crippen molar-refractivity contribution < 1.29 is 9.53 Å². The zero-order chi connectivity index (χ0) is 14.0. The van der Waals surface area contributed by atoms with Crippen LogP contribution in [0.25, 0.3) is 0 Å². The quantitative estimate of drug-likeness (QED) is 0.784. The van der Waals surface area contributed by atoms with Crippen LogP contribution in [0.3, 0.4) is 0 Å². The molecule has 1 unspecified atom stereocenters. The molecule has 4 nitrogen and oxygen atoms in total. The minimum atomic E-state index is -0.0610. The van der Waals surface area contributed by atoms with E-state index in [1.807, 2.05) is 18.7 Å². The van der Waals surface area contributed by atoms with Gasteiger partial charge >= 0.3 is 0 Å². The van der Waals surface area contributed by atoms with E-state index in [1.165, 1.54) is 0 Å². The lowest BCUT2D eigenvalue weighted by molar-refractivity contribution is -0.0960. The van der Waals surface area contributed by atoms with Gasteiger partial charge < -0.3 is 4.74 Å². The minimum absolute atomic E-state index is 0.0227. The van der Waals surface area contributed by atoms with Gasteiger partial charge in [-0.1, -0.05) is 0 Å². The van der Waals surface area contributed by atoms with Gasteiger partial charge in [0.2, 0.25) is 5.78 Å². The highest BCUT2D eigenvalue weighted by Gasteiger charge is 2.41. The van der Waals surface area contributed by atoms with Crippen LogP contribution in [0.2, 0.25) is 0 Å². The fourth-order valence-corrected chi connectivity index (χ4v) is 4.28. The van der Waals surface area contributed by atoms with E-state index in [1.54, 1.807) is 12.4 Å². The van der Waals surface area contributed by atoms with Gasteiger partial charge in [-0.2, -0.15) is 11.8 Å². The highest BCUT2D eigenvalue weighted by molar-refractivity contribution is 7.99. The highest BCUT2D eigenvalue weighted by Crippen LogP contribution is 2.40. The van der Waals surface area contributed by atoms with E-state index in [0.717, 1.165) is 42.8 Å². The molecule has 0 saturated carbocycles. The zero-order valence-corrected chi connectivity index (χ0v) is 12.6. The minimum Gasteiger partial charge on any atom is -0.375 e. The average molecular weight is 292 g/mol. The molecule has 3 rings (SSSR count). The Labute approximate surface area is 123 Å². The van der Waals surface area contributed by atoms with Crippen molar-refractivity contribution in [3.63, 3.8) is 0 Å². The lowest BCUT2D eigenvalue weighted by Crippen LogP contribution is -2.44. The van der Waals surface area contributed by atoms with Gasteiger partial charge in [0, 0.05) is 24.9 Å². The molecule has 5 heteroatoms. The Morgan fingerprint density at radius 1 is 1.35 bits per heavy atom. The Morgan fingerprint density at radius 2 is 2.05 bits per heavy atom. The number of thioether (sulfide) groups is 1. The van der Waals surface area contributed by atoms with Crippen LogP contribution >= 0.6 is 11.8 Å². The first kappa shape index (κ1) is 14.0. The Kier molecular flexibility index (Phi) is 4.08. The van der Waals surface area contributed by atoms with Gasteiger partial charge in [-0.05, 0) is 49.7 Å². The number of aromatic nitrogens is 2. The number of hydrogen-bond donors (Lipinski definition) is 0. The summed E-state index contributed by atoms with van der Waals surface area (Å²) < 4.78 is 6.04. The molecule has 2 saturated heterocycles. The van der Waals surface area contributed by atoms with E-state index in [0.29, 0.717) is 12.4 Å². The molecule has 0 bridgehead atoms. The Balaban J connectivity index is 1.73. The molecule has 2 aliphatic rings. The largest absolute Gasteiger partial charge is 0.375 e. The molecular weight excluding hydrogens is 272 g/mol. The van der Waals surface area contributed by atoms with E-state index in [-0.39, 0.29) is 17.3 Å². The molecule has 3 heterocycles. The number of ketones is 1. The number of carbonyl (C=O) groups excluding carboxylic acids is 1. The van der Waals surface area contributed by atoms with Crippen molar-refractivity contribution in [2.75, 3.05) is 18.1 Å². The second kappa shape index (κ2) is 5.82. The molecule has 0 radical (unpaired) electrons. The molecule has 20 heavy (non-hydrogen) atoms. The van der Waals surface area contributed by atoms with E-state index in [4.69, 9.17) is 4.74 Å². The molecule has 2 aliphatic heterocycles. The van der Waals surface area contributed by atoms with Crippen LogP contribution in [0, 0.1) is 12.8 Å². The van der Waals surface area contributed by atoms with Crippen molar-refractivity contribution in [2.45, 2.75) is 38.2 Å². The standard InChI is InChI=1S/C15H20N2O2S/c1-11-9-16-14(17-10-11)13(18)12-2-5-19-15(8-12)3-6-20-7-4-15/h9-10,12H,2-8H2,1H3. The van der Waals surface area contributed by atoms with Crippen molar-refractivity contribution in [1.29, 1.82) is 0 Å². The molecule has 2 fully saturated rings. The monoisotopic (exact) mass is 292 g/mol. The Hall–Kier alpha value is -0.940. The van der Waals surface area contributed by atoms with Crippen LogP contribution in [-0.4, -0.2) is 39.5 Å². The zero-order valence-electron chi connectivity index (χ0n) is 11.8. The Morgan fingerprint density at radius 3 is 2.75 bits per heavy atom. The first-order valence-corrected chi connectivity index (χ1v) is 8.39. The molecule has 0 N–H and O–H groups in total. The first-order valence-electron chi connectivity index (χ1n) is 7.23. The van der Waals surface area contributed by atoms with Gasteiger partial charge in [0.05, 0.1) is 5.60 Å². The van der Waals surface area contributed by atoms with Gasteiger partial charge in [-0.25, -0.2) is 9.97 Å².